The maximum Gasteiger partial charge on any atom is 0.308 e. The average Bonchev–Trinajstić information content (AvgIpc) is 2.55. The molecule has 0 saturated heterocycles. The van der Waals surface area contributed by atoms with Crippen LogP contribution in [0.1, 0.15) is 25.8 Å². The molecular weight excluding hydrogens is 330 g/mol. The number of rotatable bonds is 9. The van der Waals surface area contributed by atoms with Crippen LogP contribution in [0.5, 0.6) is 11.5 Å². The molecular formula is C16H23N3O4S. The van der Waals surface area contributed by atoms with Gasteiger partial charge in [-0.25, -0.2) is 0 Å². The fraction of sp³-hybridized carbons (Fsp3) is 0.438. The Morgan fingerprint density at radius 1 is 1.38 bits per heavy atom. The Morgan fingerprint density at radius 3 is 2.83 bits per heavy atom. The molecule has 2 N–H and O–H groups in total. The van der Waals surface area contributed by atoms with Gasteiger partial charge in [0, 0.05) is 26.7 Å². The minimum absolute atomic E-state index is 0.363. The molecule has 24 heavy (non-hydrogen) atoms. The number of nitrogens with zero attached hydrogens (tertiary/aromatic N) is 1. The van der Waals surface area contributed by atoms with E-state index in [0.717, 1.165) is 12.0 Å². The number of hydrogen-bond donors (Lipinski definition) is 2. The average molecular weight is 353 g/mol. The molecule has 0 spiro atoms. The first-order chi connectivity index (χ1) is 11.6. The lowest BCUT2D eigenvalue weighted by Crippen LogP contribution is -2.33. The lowest BCUT2D eigenvalue weighted by atomic mass is 10.2. The number of ether oxygens (including phenoxy) is 3. The number of hydrazone groups is 1. The smallest absolute Gasteiger partial charge is 0.308 e. The molecule has 0 fully saturated rings. The van der Waals surface area contributed by atoms with Gasteiger partial charge in [0.05, 0.1) is 13.3 Å². The van der Waals surface area contributed by atoms with Crippen molar-refractivity contribution in [3.63, 3.8) is 0 Å². The number of hydrogen-bond acceptors (Lipinski definition) is 6. The van der Waals surface area contributed by atoms with Crippen LogP contribution in [0.25, 0.3) is 0 Å². The topological polar surface area (TPSA) is 81.2 Å². The van der Waals surface area contributed by atoms with E-state index < -0.39 is 5.97 Å². The summed E-state index contributed by atoms with van der Waals surface area (Å²) in [6, 6.07) is 5.11. The van der Waals surface area contributed by atoms with Gasteiger partial charge < -0.3 is 19.5 Å². The number of carbonyl (C=O) groups excluding carboxylic acids is 1. The summed E-state index contributed by atoms with van der Waals surface area (Å²) in [6.45, 7) is 5.42. The fourth-order valence-corrected chi connectivity index (χ4v) is 1.88. The molecule has 0 bridgehead atoms. The van der Waals surface area contributed by atoms with Gasteiger partial charge in [0.25, 0.3) is 0 Å². The van der Waals surface area contributed by atoms with Crippen LogP contribution >= 0.6 is 12.2 Å². The van der Waals surface area contributed by atoms with Gasteiger partial charge in [-0.15, -0.1) is 0 Å². The van der Waals surface area contributed by atoms with Gasteiger partial charge >= 0.3 is 5.97 Å². The first kappa shape index (κ1) is 19.9. The van der Waals surface area contributed by atoms with Gasteiger partial charge in [0.15, 0.2) is 16.6 Å². The Balaban J connectivity index is 2.46. The molecule has 0 amide bonds. The van der Waals surface area contributed by atoms with Crippen LogP contribution in [0.2, 0.25) is 0 Å². The predicted octanol–water partition coefficient (Wildman–Crippen LogP) is 1.85. The second kappa shape index (κ2) is 11.4. The lowest BCUT2D eigenvalue weighted by molar-refractivity contribution is -0.132. The molecule has 1 aromatic carbocycles. The first-order valence-corrected chi connectivity index (χ1v) is 7.98. The summed E-state index contributed by atoms with van der Waals surface area (Å²) in [4.78, 5) is 11.0. The van der Waals surface area contributed by atoms with E-state index in [4.69, 9.17) is 26.4 Å². The van der Waals surface area contributed by atoms with E-state index in [9.17, 15) is 4.79 Å². The van der Waals surface area contributed by atoms with E-state index in [-0.39, 0.29) is 0 Å². The number of nitrogens with one attached hydrogen (secondary N) is 2. The van der Waals surface area contributed by atoms with E-state index in [1.165, 1.54) is 14.0 Å². The van der Waals surface area contributed by atoms with Gasteiger partial charge in [-0.3, -0.25) is 10.2 Å². The van der Waals surface area contributed by atoms with Gasteiger partial charge in [-0.2, -0.15) is 5.10 Å². The summed E-state index contributed by atoms with van der Waals surface area (Å²) in [7, 11) is 1.50. The minimum atomic E-state index is -0.405. The van der Waals surface area contributed by atoms with Crippen LogP contribution in [0.3, 0.4) is 0 Å². The second-order valence-electron chi connectivity index (χ2n) is 4.68. The number of esters is 1. The van der Waals surface area contributed by atoms with Crippen LogP contribution < -0.4 is 20.2 Å². The molecule has 1 aromatic rings. The van der Waals surface area contributed by atoms with E-state index in [1.54, 1.807) is 24.4 Å². The Hall–Kier alpha value is -2.19. The zero-order valence-corrected chi connectivity index (χ0v) is 14.9. The zero-order chi connectivity index (χ0) is 17.8. The fourth-order valence-electron chi connectivity index (χ4n) is 1.73. The molecule has 132 valence electrons. The molecule has 0 aliphatic carbocycles. The van der Waals surface area contributed by atoms with Crippen molar-refractivity contribution in [1.82, 2.24) is 10.7 Å². The molecule has 0 heterocycles. The summed E-state index contributed by atoms with van der Waals surface area (Å²) in [5.74, 6) is 0.407. The molecule has 0 unspecified atom stereocenters. The maximum atomic E-state index is 11.0. The monoisotopic (exact) mass is 353 g/mol. The van der Waals surface area contributed by atoms with Crippen LogP contribution in [0.15, 0.2) is 23.3 Å². The highest BCUT2D eigenvalue weighted by Crippen LogP contribution is 2.27. The van der Waals surface area contributed by atoms with Crippen molar-refractivity contribution in [2.75, 3.05) is 26.9 Å². The number of benzene rings is 1. The summed E-state index contributed by atoms with van der Waals surface area (Å²) in [5.41, 5.74) is 3.50. The molecule has 0 radical (unpaired) electrons. The third-order valence-electron chi connectivity index (χ3n) is 2.78. The third kappa shape index (κ3) is 7.89. The van der Waals surface area contributed by atoms with E-state index >= 15 is 0 Å². The normalized spacial score (nSPS) is 10.5. The maximum absolute atomic E-state index is 11.0. The summed E-state index contributed by atoms with van der Waals surface area (Å²) < 4.78 is 15.5. The number of methoxy groups -OCH3 is 1. The van der Waals surface area contributed by atoms with Crippen LogP contribution in [-0.2, 0) is 9.53 Å². The largest absolute Gasteiger partial charge is 0.493 e. The van der Waals surface area contributed by atoms with Crippen molar-refractivity contribution in [3.05, 3.63) is 23.8 Å². The molecule has 8 heteroatoms. The highest BCUT2D eigenvalue weighted by Gasteiger charge is 2.07. The molecule has 0 aliphatic heterocycles. The van der Waals surface area contributed by atoms with Crippen LogP contribution in [0, 0.1) is 0 Å². The van der Waals surface area contributed by atoms with E-state index in [2.05, 4.69) is 15.8 Å². The Labute approximate surface area is 147 Å². The van der Waals surface area contributed by atoms with Crippen molar-refractivity contribution in [1.29, 1.82) is 0 Å². The standard InChI is InChI=1S/C16H23N3O4S/c1-4-22-9-5-8-17-16(24)19-18-11-13-6-7-14(23-12(2)20)15(10-13)21-3/h6-7,10-11H,4-5,8-9H2,1-3H3,(H2,17,19,24)/b18-11-. The highest BCUT2D eigenvalue weighted by atomic mass is 32.1. The van der Waals surface area contributed by atoms with E-state index in [0.29, 0.717) is 36.4 Å². The molecule has 0 saturated carbocycles. The molecule has 0 atom stereocenters. The number of carbonyl (C=O) groups is 1. The molecule has 1 rings (SSSR count). The zero-order valence-electron chi connectivity index (χ0n) is 14.1. The number of thiocarbonyl (C=S) groups is 1. The molecule has 7 nitrogen and oxygen atoms in total. The van der Waals surface area contributed by atoms with Crippen LogP contribution in [-0.4, -0.2) is 44.2 Å². The van der Waals surface area contributed by atoms with Crippen LogP contribution in [0.4, 0.5) is 0 Å². The first-order valence-electron chi connectivity index (χ1n) is 7.58. The SMILES string of the molecule is CCOCCCNC(=S)N/N=C\c1ccc(OC(C)=O)c(OC)c1. The quantitative estimate of drug-likeness (QED) is 0.175. The summed E-state index contributed by atoms with van der Waals surface area (Å²) in [6.07, 6.45) is 2.46. The van der Waals surface area contributed by atoms with Crippen molar-refractivity contribution >= 4 is 29.5 Å². The van der Waals surface area contributed by atoms with E-state index in [1.807, 2.05) is 6.92 Å². The Morgan fingerprint density at radius 2 is 2.17 bits per heavy atom. The third-order valence-corrected chi connectivity index (χ3v) is 3.01. The molecule has 0 aliphatic rings. The Kier molecular flexibility index (Phi) is 9.40. The molecule has 0 aromatic heterocycles. The lowest BCUT2D eigenvalue weighted by Gasteiger charge is -2.08. The van der Waals surface area contributed by atoms with Crippen molar-refractivity contribution in [2.24, 2.45) is 5.10 Å². The Bertz CT molecular complexity index is 578. The van der Waals surface area contributed by atoms with Gasteiger partial charge in [0.2, 0.25) is 0 Å². The second-order valence-corrected chi connectivity index (χ2v) is 5.09. The predicted molar refractivity (Wildman–Crippen MR) is 96.7 cm³/mol. The van der Waals surface area contributed by atoms with Gasteiger partial charge in [-0.05, 0) is 49.3 Å². The van der Waals surface area contributed by atoms with Gasteiger partial charge in [0.1, 0.15) is 0 Å². The summed E-state index contributed by atoms with van der Waals surface area (Å²) in [5, 5.41) is 7.51. The van der Waals surface area contributed by atoms with Crippen molar-refractivity contribution in [2.45, 2.75) is 20.3 Å². The highest BCUT2D eigenvalue weighted by molar-refractivity contribution is 7.80. The van der Waals surface area contributed by atoms with Crippen molar-refractivity contribution < 1.29 is 19.0 Å². The minimum Gasteiger partial charge on any atom is -0.493 e. The van der Waals surface area contributed by atoms with Crippen molar-refractivity contribution in [3.8, 4) is 11.5 Å². The summed E-state index contributed by atoms with van der Waals surface area (Å²) >= 11 is 5.11. The van der Waals surface area contributed by atoms with Gasteiger partial charge in [-0.1, -0.05) is 0 Å².